The zero-order valence-electron chi connectivity index (χ0n) is 10.8. The third-order valence-electron chi connectivity index (χ3n) is 2.75. The average Bonchev–Trinajstić information content (AvgIpc) is 2.43. The van der Waals surface area contributed by atoms with Gasteiger partial charge in [0.1, 0.15) is 19.7 Å². The van der Waals surface area contributed by atoms with Gasteiger partial charge in [-0.25, -0.2) is 0 Å². The van der Waals surface area contributed by atoms with E-state index in [-0.39, 0.29) is 0 Å². The van der Waals surface area contributed by atoms with Gasteiger partial charge in [0, 0.05) is 18.3 Å². The predicted molar refractivity (Wildman–Crippen MR) is 77.2 cm³/mol. The minimum atomic E-state index is 0.397. The Balaban J connectivity index is 2.04. The summed E-state index contributed by atoms with van der Waals surface area (Å²) in [5.74, 6) is 0.562. The summed E-state index contributed by atoms with van der Waals surface area (Å²) in [6.45, 7) is 0.482. The van der Waals surface area contributed by atoms with Crippen LogP contribution >= 0.6 is 0 Å². The highest BCUT2D eigenvalue weighted by Crippen LogP contribution is 2.23. The molecular formula is C14H14BN3O. The fourth-order valence-corrected chi connectivity index (χ4v) is 1.79. The number of ether oxygens (including phenoxy) is 1. The number of nitrogens with two attached hydrogens (primary N) is 1. The van der Waals surface area contributed by atoms with E-state index in [0.29, 0.717) is 30.0 Å². The average molecular weight is 251 g/mol. The maximum absolute atomic E-state index is 8.98. The summed E-state index contributed by atoms with van der Waals surface area (Å²) >= 11 is 0. The number of anilines is 1. The largest absolute Gasteiger partial charge is 0.491 e. The van der Waals surface area contributed by atoms with E-state index < -0.39 is 0 Å². The Labute approximate surface area is 113 Å². The molecule has 94 valence electrons. The molecule has 2 N–H and O–H groups in total. The lowest BCUT2D eigenvalue weighted by atomic mass is 9.93. The van der Waals surface area contributed by atoms with E-state index in [1.54, 1.807) is 12.3 Å². The number of benzene rings is 1. The molecule has 2 aromatic rings. The van der Waals surface area contributed by atoms with Crippen LogP contribution in [0.15, 0.2) is 36.5 Å². The quantitative estimate of drug-likeness (QED) is 0.631. The fraction of sp³-hybridized carbons (Fsp3) is 0.143. The highest BCUT2D eigenvalue weighted by molar-refractivity contribution is 6.32. The van der Waals surface area contributed by atoms with Gasteiger partial charge in [-0.1, -0.05) is 11.5 Å². The number of nitriles is 1. The van der Waals surface area contributed by atoms with E-state index in [9.17, 15) is 0 Å². The van der Waals surface area contributed by atoms with Crippen LogP contribution in [0.25, 0.3) is 0 Å². The van der Waals surface area contributed by atoms with Crippen LogP contribution in [0.5, 0.6) is 5.75 Å². The Morgan fingerprint density at radius 2 is 2.21 bits per heavy atom. The van der Waals surface area contributed by atoms with Crippen molar-refractivity contribution in [2.24, 2.45) is 0 Å². The summed E-state index contributed by atoms with van der Waals surface area (Å²) in [5.41, 5.74) is 8.65. The van der Waals surface area contributed by atoms with Gasteiger partial charge in [0.05, 0.1) is 17.9 Å². The zero-order valence-corrected chi connectivity index (χ0v) is 10.8. The van der Waals surface area contributed by atoms with Crippen molar-refractivity contribution in [2.45, 2.75) is 6.42 Å². The monoisotopic (exact) mass is 251 g/mol. The summed E-state index contributed by atoms with van der Waals surface area (Å²) in [6, 6.07) is 11.4. The molecule has 4 nitrogen and oxygen atoms in total. The molecule has 19 heavy (non-hydrogen) atoms. The predicted octanol–water partition coefficient (Wildman–Crippen LogP) is 0.415. The topological polar surface area (TPSA) is 71.9 Å². The van der Waals surface area contributed by atoms with Crippen molar-refractivity contribution in [1.82, 2.24) is 4.98 Å². The molecule has 0 unspecified atom stereocenters. The SMILES string of the molecule is Bc1cc(C#N)c(N)c(OCCc2ccccn2)c1. The van der Waals surface area contributed by atoms with Gasteiger partial charge in [-0.2, -0.15) is 5.26 Å². The third-order valence-corrected chi connectivity index (χ3v) is 2.75. The van der Waals surface area contributed by atoms with Crippen LogP contribution in [0.4, 0.5) is 5.69 Å². The van der Waals surface area contributed by atoms with Crippen molar-refractivity contribution in [1.29, 1.82) is 5.26 Å². The van der Waals surface area contributed by atoms with Gasteiger partial charge in [0.2, 0.25) is 0 Å². The van der Waals surface area contributed by atoms with Crippen LogP contribution < -0.4 is 15.9 Å². The molecule has 0 aliphatic heterocycles. The molecule has 5 heteroatoms. The number of nitrogen functional groups attached to an aromatic ring is 1. The van der Waals surface area contributed by atoms with Gasteiger partial charge in [-0.3, -0.25) is 4.98 Å². The first-order valence-electron chi connectivity index (χ1n) is 6.03. The lowest BCUT2D eigenvalue weighted by Crippen LogP contribution is -2.10. The van der Waals surface area contributed by atoms with E-state index in [1.165, 1.54) is 0 Å². The van der Waals surface area contributed by atoms with E-state index >= 15 is 0 Å². The van der Waals surface area contributed by atoms with E-state index in [4.69, 9.17) is 15.7 Å². The summed E-state index contributed by atoms with van der Waals surface area (Å²) in [4.78, 5) is 4.22. The smallest absolute Gasteiger partial charge is 0.142 e. The van der Waals surface area contributed by atoms with Crippen molar-refractivity contribution < 1.29 is 4.74 Å². The number of hydrogen-bond donors (Lipinski definition) is 1. The van der Waals surface area contributed by atoms with E-state index in [0.717, 1.165) is 11.2 Å². The van der Waals surface area contributed by atoms with Gasteiger partial charge in [-0.15, -0.1) is 0 Å². The lowest BCUT2D eigenvalue weighted by Gasteiger charge is -2.11. The van der Waals surface area contributed by atoms with Crippen molar-refractivity contribution in [2.75, 3.05) is 12.3 Å². The first kappa shape index (κ1) is 13.0. The normalized spacial score (nSPS) is 9.84. The second-order valence-electron chi connectivity index (χ2n) is 4.26. The second kappa shape index (κ2) is 5.92. The van der Waals surface area contributed by atoms with Crippen LogP contribution in [-0.2, 0) is 6.42 Å². The molecule has 0 amide bonds. The van der Waals surface area contributed by atoms with Gasteiger partial charge in [0.15, 0.2) is 0 Å². The third kappa shape index (κ3) is 3.26. The maximum Gasteiger partial charge on any atom is 0.142 e. The second-order valence-corrected chi connectivity index (χ2v) is 4.26. The Bertz CT molecular complexity index is 608. The Hall–Kier alpha value is -2.48. The van der Waals surface area contributed by atoms with Gasteiger partial charge < -0.3 is 10.5 Å². The maximum atomic E-state index is 8.98. The number of nitrogens with zero attached hydrogens (tertiary/aromatic N) is 2. The Morgan fingerprint density at radius 3 is 2.89 bits per heavy atom. The minimum Gasteiger partial charge on any atom is -0.491 e. The van der Waals surface area contributed by atoms with Crippen LogP contribution in [0.2, 0.25) is 0 Å². The number of hydrogen-bond acceptors (Lipinski definition) is 4. The molecule has 0 saturated heterocycles. The first-order valence-corrected chi connectivity index (χ1v) is 6.03. The summed E-state index contributed by atoms with van der Waals surface area (Å²) in [7, 11) is 1.91. The molecule has 0 bridgehead atoms. The molecule has 1 heterocycles. The number of pyridine rings is 1. The lowest BCUT2D eigenvalue weighted by molar-refractivity contribution is 0.322. The highest BCUT2D eigenvalue weighted by Gasteiger charge is 2.07. The highest BCUT2D eigenvalue weighted by atomic mass is 16.5. The number of rotatable bonds is 4. The first-order chi connectivity index (χ1) is 9.20. The van der Waals surface area contributed by atoms with Crippen LogP contribution in [0, 0.1) is 11.3 Å². The minimum absolute atomic E-state index is 0.397. The van der Waals surface area contributed by atoms with Crippen molar-refractivity contribution in [3.8, 4) is 11.8 Å². The van der Waals surface area contributed by atoms with Crippen LogP contribution in [0.3, 0.4) is 0 Å². The summed E-state index contributed by atoms with van der Waals surface area (Å²) in [5, 5.41) is 8.98. The standard InChI is InChI=1S/C14H14BN3O/c15-11-7-10(9-16)14(17)13(8-11)19-6-4-12-3-1-2-5-18-12/h1-3,5,7-8H,4,6,15,17H2. The summed E-state index contributed by atoms with van der Waals surface area (Å²) < 4.78 is 5.65. The van der Waals surface area contributed by atoms with Crippen molar-refractivity contribution >= 4 is 19.0 Å². The summed E-state index contributed by atoms with van der Waals surface area (Å²) in [6.07, 6.45) is 2.46. The molecule has 0 aliphatic rings. The van der Waals surface area contributed by atoms with E-state index in [1.807, 2.05) is 32.1 Å². The van der Waals surface area contributed by atoms with Gasteiger partial charge in [-0.05, 0) is 24.3 Å². The van der Waals surface area contributed by atoms with Crippen molar-refractivity contribution in [3.05, 3.63) is 47.8 Å². The van der Waals surface area contributed by atoms with Crippen LogP contribution in [-0.4, -0.2) is 19.4 Å². The molecular weight excluding hydrogens is 237 g/mol. The molecule has 1 aromatic heterocycles. The molecule has 2 rings (SSSR count). The van der Waals surface area contributed by atoms with Crippen LogP contribution in [0.1, 0.15) is 11.3 Å². The van der Waals surface area contributed by atoms with Gasteiger partial charge >= 0.3 is 0 Å². The van der Waals surface area contributed by atoms with E-state index in [2.05, 4.69) is 11.1 Å². The molecule has 0 fully saturated rings. The number of aromatic nitrogens is 1. The Morgan fingerprint density at radius 1 is 1.37 bits per heavy atom. The molecule has 0 spiro atoms. The van der Waals surface area contributed by atoms with Gasteiger partial charge in [0.25, 0.3) is 0 Å². The Kier molecular flexibility index (Phi) is 4.04. The zero-order chi connectivity index (χ0) is 13.7. The molecule has 0 radical (unpaired) electrons. The molecule has 0 aliphatic carbocycles. The molecule has 0 saturated carbocycles. The molecule has 0 atom stereocenters. The molecule has 1 aromatic carbocycles. The fourth-order valence-electron chi connectivity index (χ4n) is 1.79. The van der Waals surface area contributed by atoms with Crippen molar-refractivity contribution in [3.63, 3.8) is 0 Å².